The van der Waals surface area contributed by atoms with Gasteiger partial charge in [0, 0.05) is 30.6 Å². The van der Waals surface area contributed by atoms with E-state index in [2.05, 4.69) is 20.6 Å². The van der Waals surface area contributed by atoms with Crippen molar-refractivity contribution in [2.45, 2.75) is 13.5 Å². The number of aromatic nitrogens is 3. The van der Waals surface area contributed by atoms with Crippen LogP contribution >= 0.6 is 11.6 Å². The molecule has 0 saturated heterocycles. The first-order valence-electron chi connectivity index (χ1n) is 11.5. The number of carbonyl (C=O) groups excluding carboxylic acids is 1. The minimum atomic E-state index is -0.347. The van der Waals surface area contributed by atoms with Gasteiger partial charge in [-0.3, -0.25) is 14.2 Å². The maximum absolute atomic E-state index is 13.4. The van der Waals surface area contributed by atoms with Crippen LogP contribution < -0.4 is 20.9 Å². The fourth-order valence-electron chi connectivity index (χ4n) is 3.94. The summed E-state index contributed by atoms with van der Waals surface area (Å²) in [5.74, 6) is -0.114. The van der Waals surface area contributed by atoms with Crippen LogP contribution in [0.3, 0.4) is 0 Å². The molecule has 1 amide bonds. The number of halogens is 2. The summed E-state index contributed by atoms with van der Waals surface area (Å²) in [4.78, 5) is 33.0. The second kappa shape index (κ2) is 10.7. The third-order valence-electron chi connectivity index (χ3n) is 5.62. The maximum atomic E-state index is 13.4. The van der Waals surface area contributed by atoms with Crippen molar-refractivity contribution < 1.29 is 13.9 Å². The summed E-state index contributed by atoms with van der Waals surface area (Å²) in [5.41, 5.74) is 3.10. The molecule has 0 bridgehead atoms. The van der Waals surface area contributed by atoms with E-state index in [0.717, 1.165) is 0 Å². The molecule has 2 aromatic heterocycles. The van der Waals surface area contributed by atoms with Crippen molar-refractivity contribution in [1.82, 2.24) is 14.5 Å². The summed E-state index contributed by atoms with van der Waals surface area (Å²) >= 11 is 6.48. The zero-order chi connectivity index (χ0) is 26.6. The Hall–Kier alpha value is -4.76. The highest BCUT2D eigenvalue weighted by Crippen LogP contribution is 2.30. The number of carbonyl (C=O) groups is 1. The molecule has 2 heterocycles. The molecule has 0 aliphatic heterocycles. The molecule has 10 heteroatoms. The minimum Gasteiger partial charge on any atom is -0.487 e. The van der Waals surface area contributed by atoms with E-state index in [4.69, 9.17) is 16.3 Å². The van der Waals surface area contributed by atoms with E-state index >= 15 is 0 Å². The molecule has 0 aliphatic carbocycles. The van der Waals surface area contributed by atoms with E-state index in [1.54, 1.807) is 60.8 Å². The predicted molar refractivity (Wildman–Crippen MR) is 145 cm³/mol. The SMILES string of the molecule is CC(=O)Nc1ccc(Nc2cc(=O)n(-c3ccc(OCc4cccc(F)c4)c(Cl)c3)c3ncncc23)cc1. The van der Waals surface area contributed by atoms with E-state index in [-0.39, 0.29) is 28.9 Å². The van der Waals surface area contributed by atoms with E-state index in [0.29, 0.717) is 45.1 Å². The molecule has 0 atom stereocenters. The second-order valence-electron chi connectivity index (χ2n) is 8.41. The molecule has 0 radical (unpaired) electrons. The molecule has 3 aromatic carbocycles. The van der Waals surface area contributed by atoms with Gasteiger partial charge in [-0.25, -0.2) is 14.4 Å². The lowest BCUT2D eigenvalue weighted by molar-refractivity contribution is -0.114. The van der Waals surface area contributed by atoms with Crippen molar-refractivity contribution in [3.63, 3.8) is 0 Å². The lowest BCUT2D eigenvalue weighted by atomic mass is 10.2. The van der Waals surface area contributed by atoms with Gasteiger partial charge in [0.15, 0.2) is 5.65 Å². The largest absolute Gasteiger partial charge is 0.487 e. The Balaban J connectivity index is 1.44. The minimum absolute atomic E-state index is 0.138. The maximum Gasteiger partial charge on any atom is 0.258 e. The highest BCUT2D eigenvalue weighted by Gasteiger charge is 2.14. The van der Waals surface area contributed by atoms with E-state index < -0.39 is 0 Å². The molecule has 5 rings (SSSR count). The number of fused-ring (bicyclic) bond motifs is 1. The van der Waals surface area contributed by atoms with Crippen LogP contribution in [0, 0.1) is 5.82 Å². The topological polar surface area (TPSA) is 98.1 Å². The molecule has 0 saturated carbocycles. The third kappa shape index (κ3) is 5.47. The number of benzene rings is 3. The number of nitrogens with zero attached hydrogens (tertiary/aromatic N) is 3. The van der Waals surface area contributed by atoms with Crippen molar-refractivity contribution in [1.29, 1.82) is 0 Å². The number of pyridine rings is 1. The first kappa shape index (κ1) is 24.9. The summed E-state index contributed by atoms with van der Waals surface area (Å²) < 4.78 is 20.6. The van der Waals surface area contributed by atoms with Crippen molar-refractivity contribution >= 4 is 45.6 Å². The Morgan fingerprint density at radius 2 is 1.84 bits per heavy atom. The van der Waals surface area contributed by atoms with Gasteiger partial charge in [0.1, 0.15) is 24.5 Å². The second-order valence-corrected chi connectivity index (χ2v) is 8.82. The number of hydrogen-bond acceptors (Lipinski definition) is 6. The van der Waals surface area contributed by atoms with Gasteiger partial charge in [-0.2, -0.15) is 0 Å². The highest BCUT2D eigenvalue weighted by atomic mass is 35.5. The number of hydrogen-bond donors (Lipinski definition) is 2. The molecule has 190 valence electrons. The summed E-state index contributed by atoms with van der Waals surface area (Å²) in [7, 11) is 0. The Morgan fingerprint density at radius 1 is 1.05 bits per heavy atom. The summed E-state index contributed by atoms with van der Waals surface area (Å²) in [6.45, 7) is 1.58. The highest BCUT2D eigenvalue weighted by molar-refractivity contribution is 6.32. The lowest BCUT2D eigenvalue weighted by Gasteiger charge is -2.15. The normalized spacial score (nSPS) is 10.8. The molecule has 2 N–H and O–H groups in total. The van der Waals surface area contributed by atoms with Gasteiger partial charge in [-0.1, -0.05) is 23.7 Å². The van der Waals surface area contributed by atoms with Gasteiger partial charge < -0.3 is 15.4 Å². The fourth-order valence-corrected chi connectivity index (χ4v) is 4.17. The molecule has 38 heavy (non-hydrogen) atoms. The summed E-state index contributed by atoms with van der Waals surface area (Å²) in [6.07, 6.45) is 2.98. The zero-order valence-corrected chi connectivity index (χ0v) is 20.9. The Morgan fingerprint density at radius 3 is 2.58 bits per heavy atom. The quantitative estimate of drug-likeness (QED) is 0.274. The average Bonchev–Trinajstić information content (AvgIpc) is 2.89. The molecular formula is C28H21ClFN5O3. The van der Waals surface area contributed by atoms with Gasteiger partial charge in [-0.05, 0) is 60.2 Å². The Bertz CT molecular complexity index is 1710. The van der Waals surface area contributed by atoms with Crippen molar-refractivity contribution in [2.75, 3.05) is 10.6 Å². The predicted octanol–water partition coefficient (Wildman–Crippen LogP) is 5.85. The van der Waals surface area contributed by atoms with E-state index in [9.17, 15) is 14.0 Å². The van der Waals surface area contributed by atoms with Crippen LogP contribution in [0.1, 0.15) is 12.5 Å². The first-order chi connectivity index (χ1) is 18.4. The summed E-state index contributed by atoms with van der Waals surface area (Å²) in [6, 6.07) is 19.6. The van der Waals surface area contributed by atoms with Crippen LogP contribution in [0.15, 0.2) is 90.1 Å². The first-order valence-corrected chi connectivity index (χ1v) is 11.9. The van der Waals surface area contributed by atoms with Crippen molar-refractivity contribution in [3.8, 4) is 11.4 Å². The summed E-state index contributed by atoms with van der Waals surface area (Å²) in [5, 5.41) is 6.84. The number of anilines is 3. The van der Waals surface area contributed by atoms with Crippen LogP contribution in [-0.4, -0.2) is 20.4 Å². The van der Waals surface area contributed by atoms with Crippen LogP contribution in [-0.2, 0) is 11.4 Å². The smallest absolute Gasteiger partial charge is 0.258 e. The molecule has 5 aromatic rings. The van der Waals surface area contributed by atoms with Gasteiger partial charge in [-0.15, -0.1) is 0 Å². The molecule has 0 aliphatic rings. The number of nitrogens with one attached hydrogen (secondary N) is 2. The molecule has 8 nitrogen and oxygen atoms in total. The number of ether oxygens (including phenoxy) is 1. The average molecular weight is 530 g/mol. The van der Waals surface area contributed by atoms with Crippen LogP contribution in [0.4, 0.5) is 21.5 Å². The fraction of sp³-hybridized carbons (Fsp3) is 0.0714. The standard InChI is InChI=1S/C28H21ClFN5O3/c1-17(36)33-20-5-7-21(8-6-20)34-25-13-27(37)35(28-23(25)14-31-16-32-28)22-9-10-26(24(29)12-22)38-15-18-3-2-4-19(30)11-18/h2-14,16,34H,15H2,1H3,(H,33,36). The zero-order valence-electron chi connectivity index (χ0n) is 20.1. The number of rotatable bonds is 7. The van der Waals surface area contributed by atoms with Crippen molar-refractivity contribution in [2.24, 2.45) is 0 Å². The monoisotopic (exact) mass is 529 g/mol. The van der Waals surface area contributed by atoms with Crippen LogP contribution in [0.25, 0.3) is 16.7 Å². The van der Waals surface area contributed by atoms with Gasteiger partial charge >= 0.3 is 0 Å². The lowest BCUT2D eigenvalue weighted by Crippen LogP contribution is -2.19. The van der Waals surface area contributed by atoms with Gasteiger partial charge in [0.2, 0.25) is 5.91 Å². The van der Waals surface area contributed by atoms with Gasteiger partial charge in [0.25, 0.3) is 5.56 Å². The van der Waals surface area contributed by atoms with Crippen molar-refractivity contribution in [3.05, 3.63) is 112 Å². The van der Waals surface area contributed by atoms with Crippen LogP contribution in [0.5, 0.6) is 5.75 Å². The molecule has 0 spiro atoms. The van der Waals surface area contributed by atoms with Gasteiger partial charge in [0.05, 0.1) is 21.8 Å². The third-order valence-corrected chi connectivity index (χ3v) is 5.92. The van der Waals surface area contributed by atoms with E-state index in [1.807, 2.05) is 0 Å². The number of amides is 1. The van der Waals surface area contributed by atoms with Crippen LogP contribution in [0.2, 0.25) is 5.02 Å². The Kier molecular flexibility index (Phi) is 7.01. The van der Waals surface area contributed by atoms with E-state index in [1.165, 1.54) is 36.0 Å². The molecule has 0 fully saturated rings. The molecule has 0 unspecified atom stereocenters. The Labute approximate surface area is 221 Å². The molecular weight excluding hydrogens is 509 g/mol.